The van der Waals surface area contributed by atoms with Gasteiger partial charge in [0.25, 0.3) is 0 Å². The lowest BCUT2D eigenvalue weighted by molar-refractivity contribution is 1.14. The molecule has 3 rings (SSSR count). The predicted octanol–water partition coefficient (Wildman–Crippen LogP) is 2.60. The van der Waals surface area contributed by atoms with E-state index in [1.54, 1.807) is 18.6 Å². The number of nitrogen functional groups attached to an aromatic ring is 1. The van der Waals surface area contributed by atoms with Gasteiger partial charge in [0.05, 0.1) is 11.7 Å². The molecule has 0 unspecified atom stereocenters. The summed E-state index contributed by atoms with van der Waals surface area (Å²) in [6.45, 7) is 0. The van der Waals surface area contributed by atoms with Crippen LogP contribution < -0.4 is 5.73 Å². The topological polar surface area (TPSA) is 77.6 Å². The molecule has 5 nitrogen and oxygen atoms in total. The van der Waals surface area contributed by atoms with Crippen LogP contribution in [-0.4, -0.2) is 19.9 Å². The van der Waals surface area contributed by atoms with E-state index in [0.29, 0.717) is 17.3 Å². The number of anilines is 1. The second-order valence-corrected chi connectivity index (χ2v) is 4.77. The van der Waals surface area contributed by atoms with Crippen LogP contribution >= 0.6 is 22.6 Å². The quantitative estimate of drug-likeness (QED) is 0.560. The van der Waals surface area contributed by atoms with Gasteiger partial charge in [0.15, 0.2) is 5.82 Å². The van der Waals surface area contributed by atoms with Gasteiger partial charge in [0.1, 0.15) is 11.5 Å². The van der Waals surface area contributed by atoms with E-state index >= 15 is 0 Å². The number of benzene rings is 1. The first-order valence-electron chi connectivity index (χ1n) is 5.66. The fourth-order valence-corrected chi connectivity index (χ4v) is 2.29. The summed E-state index contributed by atoms with van der Waals surface area (Å²) < 4.78 is 0.930. The van der Waals surface area contributed by atoms with Crippen LogP contribution in [0.3, 0.4) is 0 Å². The Morgan fingerprint density at radius 3 is 2.79 bits per heavy atom. The number of nitrogens with zero attached hydrogens (tertiary/aromatic N) is 4. The molecule has 2 aromatic heterocycles. The van der Waals surface area contributed by atoms with Crippen molar-refractivity contribution in [3.63, 3.8) is 0 Å². The molecule has 0 atom stereocenters. The van der Waals surface area contributed by atoms with Crippen LogP contribution in [-0.2, 0) is 4.43 Å². The minimum Gasteiger partial charge on any atom is -0.383 e. The molecule has 0 spiro atoms. The van der Waals surface area contributed by atoms with Gasteiger partial charge in [-0.3, -0.25) is 4.98 Å². The Morgan fingerprint density at radius 2 is 2.05 bits per heavy atom. The molecule has 2 heterocycles. The van der Waals surface area contributed by atoms with Crippen LogP contribution in [0.15, 0.2) is 36.8 Å². The average molecular weight is 363 g/mol. The number of alkyl halides is 1. The Balaban J connectivity index is 2.20. The van der Waals surface area contributed by atoms with Gasteiger partial charge < -0.3 is 5.73 Å². The average Bonchev–Trinajstić information content (AvgIpc) is 2.48. The van der Waals surface area contributed by atoms with Crippen molar-refractivity contribution >= 4 is 39.3 Å². The second-order valence-electron chi connectivity index (χ2n) is 4.01. The fourth-order valence-electron chi connectivity index (χ4n) is 1.81. The number of hydrogen-bond donors (Lipinski definition) is 1. The number of hydrogen-bond acceptors (Lipinski definition) is 5. The molecular weight excluding hydrogens is 353 g/mol. The zero-order valence-corrected chi connectivity index (χ0v) is 12.1. The summed E-state index contributed by atoms with van der Waals surface area (Å²) in [5, 5.41) is 0.877. The van der Waals surface area contributed by atoms with Crippen LogP contribution in [0.4, 0.5) is 5.82 Å². The van der Waals surface area contributed by atoms with Gasteiger partial charge >= 0.3 is 0 Å². The third-order valence-electron chi connectivity index (χ3n) is 2.74. The van der Waals surface area contributed by atoms with E-state index in [-0.39, 0.29) is 0 Å². The van der Waals surface area contributed by atoms with E-state index in [9.17, 15) is 0 Å². The van der Waals surface area contributed by atoms with E-state index in [1.807, 2.05) is 18.2 Å². The Morgan fingerprint density at radius 1 is 1.16 bits per heavy atom. The molecule has 0 aliphatic rings. The van der Waals surface area contributed by atoms with Crippen LogP contribution in [0.1, 0.15) is 5.56 Å². The third-order valence-corrected chi connectivity index (χ3v) is 3.62. The summed E-state index contributed by atoms with van der Waals surface area (Å²) in [5.74, 6) is 0.970. The van der Waals surface area contributed by atoms with Gasteiger partial charge in [-0.25, -0.2) is 15.0 Å². The van der Waals surface area contributed by atoms with Crippen molar-refractivity contribution < 1.29 is 0 Å². The minimum atomic E-state index is 0.470. The normalized spacial score (nSPS) is 10.8. The Labute approximate surface area is 123 Å². The number of rotatable bonds is 2. The van der Waals surface area contributed by atoms with Crippen LogP contribution in [0, 0.1) is 0 Å². The summed E-state index contributed by atoms with van der Waals surface area (Å²) in [6, 6.07) is 6.03. The lowest BCUT2D eigenvalue weighted by atomic mass is 10.1. The molecule has 94 valence electrons. The molecule has 2 N–H and O–H groups in total. The van der Waals surface area contributed by atoms with Gasteiger partial charge in [-0.1, -0.05) is 28.7 Å². The standard InChI is InChI=1S/C13H10IN5/c14-6-8-1-2-10-9(5-8)12(15)19-13(18-10)11-7-16-3-4-17-11/h1-5,7H,6H2,(H2,15,18,19). The Bertz CT molecular complexity index is 730. The summed E-state index contributed by atoms with van der Waals surface area (Å²) in [6.07, 6.45) is 4.85. The van der Waals surface area contributed by atoms with Gasteiger partial charge in [-0.2, -0.15) is 0 Å². The molecule has 3 aromatic rings. The summed E-state index contributed by atoms with van der Waals surface area (Å²) >= 11 is 2.31. The highest BCUT2D eigenvalue weighted by molar-refractivity contribution is 14.1. The number of nitrogens with two attached hydrogens (primary N) is 1. The largest absolute Gasteiger partial charge is 0.383 e. The molecule has 0 aliphatic heterocycles. The fraction of sp³-hybridized carbons (Fsp3) is 0.0769. The minimum absolute atomic E-state index is 0.470. The van der Waals surface area contributed by atoms with E-state index < -0.39 is 0 Å². The van der Waals surface area contributed by atoms with Crippen LogP contribution in [0.5, 0.6) is 0 Å². The molecule has 6 heteroatoms. The van der Waals surface area contributed by atoms with Crippen LogP contribution in [0.25, 0.3) is 22.4 Å². The highest BCUT2D eigenvalue weighted by atomic mass is 127. The van der Waals surface area contributed by atoms with Crippen molar-refractivity contribution in [2.24, 2.45) is 0 Å². The number of aromatic nitrogens is 4. The maximum absolute atomic E-state index is 6.02. The van der Waals surface area contributed by atoms with Crippen molar-refractivity contribution in [3.8, 4) is 11.5 Å². The van der Waals surface area contributed by atoms with Crippen molar-refractivity contribution in [1.29, 1.82) is 0 Å². The summed E-state index contributed by atoms with van der Waals surface area (Å²) in [5.41, 5.74) is 8.66. The smallest absolute Gasteiger partial charge is 0.182 e. The van der Waals surface area contributed by atoms with Gasteiger partial charge in [0, 0.05) is 22.2 Å². The summed E-state index contributed by atoms with van der Waals surface area (Å²) in [7, 11) is 0. The molecule has 0 saturated carbocycles. The predicted molar refractivity (Wildman–Crippen MR) is 82.7 cm³/mol. The molecule has 0 aliphatic carbocycles. The van der Waals surface area contributed by atoms with Crippen molar-refractivity contribution in [3.05, 3.63) is 42.4 Å². The van der Waals surface area contributed by atoms with E-state index in [0.717, 1.165) is 15.3 Å². The third kappa shape index (κ3) is 2.35. The molecule has 0 amide bonds. The van der Waals surface area contributed by atoms with Crippen molar-refractivity contribution in [2.45, 2.75) is 4.43 Å². The van der Waals surface area contributed by atoms with Gasteiger partial charge in [-0.15, -0.1) is 0 Å². The van der Waals surface area contributed by atoms with Crippen LogP contribution in [0.2, 0.25) is 0 Å². The zero-order valence-electron chi connectivity index (χ0n) is 9.92. The highest BCUT2D eigenvalue weighted by Crippen LogP contribution is 2.23. The monoisotopic (exact) mass is 363 g/mol. The number of fused-ring (bicyclic) bond motifs is 1. The van der Waals surface area contributed by atoms with Gasteiger partial charge in [0.2, 0.25) is 0 Å². The van der Waals surface area contributed by atoms with Crippen molar-refractivity contribution in [1.82, 2.24) is 19.9 Å². The molecule has 0 fully saturated rings. The Kier molecular flexibility index (Phi) is 3.24. The first-order valence-corrected chi connectivity index (χ1v) is 7.19. The lowest BCUT2D eigenvalue weighted by Crippen LogP contribution is -1.99. The second kappa shape index (κ2) is 5.04. The van der Waals surface area contributed by atoms with E-state index in [1.165, 1.54) is 5.56 Å². The molecule has 0 saturated heterocycles. The maximum Gasteiger partial charge on any atom is 0.182 e. The summed E-state index contributed by atoms with van der Waals surface area (Å²) in [4.78, 5) is 17.0. The number of halogens is 1. The zero-order chi connectivity index (χ0) is 13.2. The SMILES string of the molecule is Nc1nc(-c2cnccn2)nc2ccc(CI)cc12. The Hall–Kier alpha value is -1.83. The first-order chi connectivity index (χ1) is 9.28. The van der Waals surface area contributed by atoms with Crippen molar-refractivity contribution in [2.75, 3.05) is 5.73 Å². The molecule has 0 bridgehead atoms. The molecule has 1 aromatic carbocycles. The molecule has 19 heavy (non-hydrogen) atoms. The molecule has 0 radical (unpaired) electrons. The van der Waals surface area contributed by atoms with E-state index in [2.05, 4.69) is 42.5 Å². The van der Waals surface area contributed by atoms with E-state index in [4.69, 9.17) is 5.73 Å². The first kappa shape index (κ1) is 12.2. The highest BCUT2D eigenvalue weighted by Gasteiger charge is 2.08. The lowest BCUT2D eigenvalue weighted by Gasteiger charge is -2.06. The molecular formula is C13H10IN5. The van der Waals surface area contributed by atoms with Gasteiger partial charge in [-0.05, 0) is 17.7 Å². The maximum atomic E-state index is 6.02.